The van der Waals surface area contributed by atoms with E-state index in [0.29, 0.717) is 0 Å². The second-order valence-corrected chi connectivity index (χ2v) is 3.12. The summed E-state index contributed by atoms with van der Waals surface area (Å²) in [7, 11) is -2.62. The number of aliphatic hydroxyl groups is 3. The zero-order valence-electron chi connectivity index (χ0n) is 10.2. The molecule has 22 heavy (non-hydrogen) atoms. The van der Waals surface area contributed by atoms with Gasteiger partial charge in [-0.1, -0.05) is 0 Å². The first kappa shape index (κ1) is 29.6. The lowest BCUT2D eigenvalue weighted by atomic mass is 10.7. The Hall–Kier alpha value is -0.440. The molecule has 6 N–H and O–H groups in total. The van der Waals surface area contributed by atoms with Crippen LogP contribution in [0.5, 0.6) is 0 Å². The number of aliphatic hydroxyl groups excluding tert-OH is 3. The summed E-state index contributed by atoms with van der Waals surface area (Å²) in [5.74, 6) is 0. The topological polar surface area (TPSA) is 121 Å². The van der Waals surface area contributed by atoms with Crippen molar-refractivity contribution in [2.45, 2.75) is 18.5 Å². The molecule has 0 saturated carbocycles. The van der Waals surface area contributed by atoms with Crippen molar-refractivity contribution in [3.8, 4) is 0 Å². The van der Waals surface area contributed by atoms with Gasteiger partial charge in [-0.15, -0.1) is 0 Å². The normalized spacial score (nSPS) is 11.5. The van der Waals surface area contributed by atoms with Gasteiger partial charge in [0.05, 0.1) is 0 Å². The Morgan fingerprint density at radius 2 is 0.545 bits per heavy atom. The zero-order chi connectivity index (χ0) is 19.2. The van der Waals surface area contributed by atoms with Gasteiger partial charge in [0.15, 0.2) is 0 Å². The molecule has 140 valence electrons. The highest BCUT2D eigenvalue weighted by molar-refractivity contribution is 7.38. The van der Waals surface area contributed by atoms with E-state index in [1.807, 2.05) is 0 Å². The molecule has 0 heterocycles. The standard InChI is InChI=1S/3C2H3F3O.H3O3P/c3*3-2(4,5)1-6;1-4(2)3/h3*6H,1H2;1-3H. The van der Waals surface area contributed by atoms with Gasteiger partial charge in [0.2, 0.25) is 0 Å². The molecule has 0 spiro atoms. The predicted molar refractivity (Wildman–Crippen MR) is 53.0 cm³/mol. The van der Waals surface area contributed by atoms with Crippen molar-refractivity contribution in [3.63, 3.8) is 0 Å². The van der Waals surface area contributed by atoms with Crippen LogP contribution in [-0.4, -0.2) is 68.3 Å². The molecule has 0 unspecified atom stereocenters. The molecule has 0 radical (unpaired) electrons. The first-order valence-corrected chi connectivity index (χ1v) is 5.51. The van der Waals surface area contributed by atoms with Crippen molar-refractivity contribution < 1.29 is 69.5 Å². The van der Waals surface area contributed by atoms with E-state index >= 15 is 0 Å². The van der Waals surface area contributed by atoms with Crippen molar-refractivity contribution >= 4 is 8.60 Å². The highest BCUT2D eigenvalue weighted by atomic mass is 31.2. The Morgan fingerprint density at radius 3 is 0.545 bits per heavy atom. The van der Waals surface area contributed by atoms with Crippen molar-refractivity contribution in [3.05, 3.63) is 0 Å². The van der Waals surface area contributed by atoms with E-state index in [-0.39, 0.29) is 0 Å². The Morgan fingerprint density at radius 1 is 0.500 bits per heavy atom. The van der Waals surface area contributed by atoms with E-state index in [9.17, 15) is 39.5 Å². The summed E-state index contributed by atoms with van der Waals surface area (Å²) < 4.78 is 94.8. The van der Waals surface area contributed by atoms with Gasteiger partial charge in [0.1, 0.15) is 19.8 Å². The molecule has 6 nitrogen and oxygen atoms in total. The first-order valence-electron chi connectivity index (χ1n) is 4.31. The van der Waals surface area contributed by atoms with Gasteiger partial charge in [0.25, 0.3) is 0 Å². The Labute approximate surface area is 118 Å². The third-order valence-electron chi connectivity index (χ3n) is 0.538. The lowest BCUT2D eigenvalue weighted by molar-refractivity contribution is -0.160. The molecule has 0 amide bonds. The van der Waals surface area contributed by atoms with Crippen molar-refractivity contribution in [2.75, 3.05) is 19.8 Å². The van der Waals surface area contributed by atoms with Gasteiger partial charge in [-0.05, 0) is 0 Å². The molecule has 0 aromatic rings. The van der Waals surface area contributed by atoms with E-state index in [0.717, 1.165) is 0 Å². The molecular formula is C6H12F9O6P. The number of alkyl halides is 9. The molecule has 0 bridgehead atoms. The molecule has 0 fully saturated rings. The maximum absolute atomic E-state index is 10.5. The van der Waals surface area contributed by atoms with Crippen LogP contribution in [0.3, 0.4) is 0 Å². The van der Waals surface area contributed by atoms with E-state index < -0.39 is 47.0 Å². The minimum absolute atomic E-state index is 1.73. The summed E-state index contributed by atoms with van der Waals surface area (Å²) >= 11 is 0. The van der Waals surface area contributed by atoms with Gasteiger partial charge in [-0.2, -0.15) is 39.5 Å². The summed E-state index contributed by atoms with van der Waals surface area (Å²) in [5.41, 5.74) is 0. The second kappa shape index (κ2) is 14.2. The van der Waals surface area contributed by atoms with E-state index in [1.54, 1.807) is 0 Å². The average Bonchev–Trinajstić information content (AvgIpc) is 2.27. The molecule has 16 heteroatoms. The van der Waals surface area contributed by atoms with Gasteiger partial charge in [0, 0.05) is 0 Å². The van der Waals surface area contributed by atoms with E-state index in [2.05, 4.69) is 0 Å². The van der Waals surface area contributed by atoms with Crippen LogP contribution < -0.4 is 0 Å². The third-order valence-corrected chi connectivity index (χ3v) is 0.538. The van der Waals surface area contributed by atoms with Crippen LogP contribution in [0.1, 0.15) is 0 Å². The number of hydrogen-bond acceptors (Lipinski definition) is 6. The van der Waals surface area contributed by atoms with E-state index in [4.69, 9.17) is 30.0 Å². The quantitative estimate of drug-likeness (QED) is 0.273. The van der Waals surface area contributed by atoms with Gasteiger partial charge in [-0.3, -0.25) is 0 Å². The lowest BCUT2D eigenvalue weighted by Crippen LogP contribution is -2.12. The summed E-state index contributed by atoms with van der Waals surface area (Å²) in [6, 6.07) is 0. The smallest absolute Gasteiger partial charge is 0.387 e. The summed E-state index contributed by atoms with van der Waals surface area (Å²) in [5, 5.41) is 21.8. The fourth-order valence-electron chi connectivity index (χ4n) is 0. The van der Waals surface area contributed by atoms with Gasteiger partial charge < -0.3 is 30.0 Å². The number of rotatable bonds is 0. The summed E-state index contributed by atoms with van der Waals surface area (Å²) in [6.07, 6.45) is -13.2. The maximum atomic E-state index is 10.5. The Balaban J connectivity index is -0.0000000994. The molecule has 0 aromatic carbocycles. The van der Waals surface area contributed by atoms with Crippen LogP contribution in [-0.2, 0) is 0 Å². The molecule has 0 aliphatic carbocycles. The van der Waals surface area contributed by atoms with Crippen LogP contribution in [0.25, 0.3) is 0 Å². The first-order chi connectivity index (χ1) is 9.41. The fourth-order valence-corrected chi connectivity index (χ4v) is 0. The minimum Gasteiger partial charge on any atom is -0.387 e. The Kier molecular flexibility index (Phi) is 19.0. The van der Waals surface area contributed by atoms with Crippen LogP contribution in [0.4, 0.5) is 39.5 Å². The number of halogens is 9. The Bertz CT molecular complexity index is 192. The number of hydrogen-bond donors (Lipinski definition) is 6. The molecule has 0 rings (SSSR count). The van der Waals surface area contributed by atoms with Gasteiger partial charge >= 0.3 is 27.1 Å². The van der Waals surface area contributed by atoms with Crippen molar-refractivity contribution in [1.82, 2.24) is 0 Å². The molecule has 0 atom stereocenters. The van der Waals surface area contributed by atoms with Crippen LogP contribution in [0.15, 0.2) is 0 Å². The summed E-state index contributed by atoms with van der Waals surface area (Å²) in [6.45, 7) is -5.19. The molecule has 0 aliphatic rings. The fraction of sp³-hybridized carbons (Fsp3) is 1.00. The highest BCUT2D eigenvalue weighted by Crippen LogP contribution is 2.12. The van der Waals surface area contributed by atoms with Crippen LogP contribution in [0.2, 0.25) is 0 Å². The van der Waals surface area contributed by atoms with Gasteiger partial charge in [-0.25, -0.2) is 0 Å². The lowest BCUT2D eigenvalue weighted by Gasteiger charge is -1.95. The predicted octanol–water partition coefficient (Wildman–Crippen LogP) is 0.813. The van der Waals surface area contributed by atoms with Crippen LogP contribution in [0, 0.1) is 0 Å². The maximum Gasteiger partial charge on any atom is 0.411 e. The molecule has 0 aromatic heterocycles. The molecule has 0 aliphatic heterocycles. The SMILES string of the molecule is OCC(F)(F)F.OCC(F)(F)F.OCC(F)(F)F.OP(O)O. The molecule has 0 saturated heterocycles. The molecular weight excluding hydrogens is 370 g/mol. The third kappa shape index (κ3) is 92.0. The highest BCUT2D eigenvalue weighted by Gasteiger charge is 2.25. The van der Waals surface area contributed by atoms with E-state index in [1.165, 1.54) is 0 Å². The largest absolute Gasteiger partial charge is 0.411 e. The van der Waals surface area contributed by atoms with Crippen molar-refractivity contribution in [2.24, 2.45) is 0 Å². The minimum atomic E-state index is -4.40. The zero-order valence-corrected chi connectivity index (χ0v) is 11.0. The monoisotopic (exact) mass is 382 g/mol. The van der Waals surface area contributed by atoms with Crippen molar-refractivity contribution in [1.29, 1.82) is 0 Å². The average molecular weight is 382 g/mol. The summed E-state index contributed by atoms with van der Waals surface area (Å²) in [4.78, 5) is 21.7. The van der Waals surface area contributed by atoms with Crippen LogP contribution >= 0.6 is 8.60 Å². The second-order valence-electron chi connectivity index (χ2n) is 2.59.